The lowest BCUT2D eigenvalue weighted by Crippen LogP contribution is -2.46. The van der Waals surface area contributed by atoms with Crippen LogP contribution in [-0.4, -0.2) is 43.2 Å². The Balaban J connectivity index is 1.71. The predicted molar refractivity (Wildman–Crippen MR) is 121 cm³/mol. The van der Waals surface area contributed by atoms with Gasteiger partial charge in [0.2, 0.25) is 5.91 Å². The molecule has 1 fully saturated rings. The van der Waals surface area contributed by atoms with Crippen molar-refractivity contribution in [1.29, 1.82) is 0 Å². The lowest BCUT2D eigenvalue weighted by Gasteiger charge is -2.26. The summed E-state index contributed by atoms with van der Waals surface area (Å²) in [6.45, 7) is -0.0921. The zero-order chi connectivity index (χ0) is 22.9. The van der Waals surface area contributed by atoms with E-state index >= 15 is 0 Å². The van der Waals surface area contributed by atoms with E-state index in [4.69, 9.17) is 11.6 Å². The number of likely N-dealkylation sites (N-methyl/N-ethyl adjacent to an activating group) is 1. The van der Waals surface area contributed by atoms with Crippen molar-refractivity contribution in [3.63, 3.8) is 0 Å². The quantitative estimate of drug-likeness (QED) is 0.567. The van der Waals surface area contributed by atoms with Gasteiger partial charge in [-0.1, -0.05) is 48.0 Å². The lowest BCUT2D eigenvalue weighted by atomic mass is 10.1. The molecule has 0 N–H and O–H groups in total. The van der Waals surface area contributed by atoms with Crippen molar-refractivity contribution in [3.05, 3.63) is 89.3 Å². The smallest absolute Gasteiger partial charge is 0.306 e. The van der Waals surface area contributed by atoms with Gasteiger partial charge in [-0.2, -0.15) is 12.7 Å². The molecule has 2 aromatic carbocycles. The monoisotopic (exact) mass is 474 g/mol. The number of nitrogens with zero attached hydrogens (tertiary/aromatic N) is 4. The molecule has 4 rings (SSSR count). The third kappa shape index (κ3) is 4.19. The summed E-state index contributed by atoms with van der Waals surface area (Å²) in [5, 5.41) is -0.127. The molecule has 10 heteroatoms. The molecule has 0 unspecified atom stereocenters. The number of benzene rings is 2. The van der Waals surface area contributed by atoms with Crippen LogP contribution in [0.4, 0.5) is 15.9 Å². The molecule has 166 valence electrons. The van der Waals surface area contributed by atoms with Crippen molar-refractivity contribution >= 4 is 39.2 Å². The zero-order valence-corrected chi connectivity index (χ0v) is 18.7. The Morgan fingerprint density at radius 1 is 1.16 bits per heavy atom. The molecule has 0 bridgehead atoms. The largest absolute Gasteiger partial charge is 0.314 e. The Labute approximate surface area is 190 Å². The minimum atomic E-state index is -4.03. The fourth-order valence-corrected chi connectivity index (χ4v) is 5.44. The van der Waals surface area contributed by atoms with Crippen LogP contribution in [0.2, 0.25) is 5.02 Å². The fraction of sp³-hybridized carbons (Fsp3) is 0.182. The molecular weight excluding hydrogens is 455 g/mol. The molecule has 1 saturated heterocycles. The highest BCUT2D eigenvalue weighted by Crippen LogP contribution is 2.31. The van der Waals surface area contributed by atoms with Gasteiger partial charge >= 0.3 is 10.2 Å². The molecular formula is C22H20ClFN4O3S. The number of pyridine rings is 1. The van der Waals surface area contributed by atoms with Gasteiger partial charge in [-0.25, -0.2) is 13.7 Å². The summed E-state index contributed by atoms with van der Waals surface area (Å²) in [5.74, 6) is -0.842. The minimum Gasteiger partial charge on any atom is -0.314 e. The average Bonchev–Trinajstić information content (AvgIpc) is 3.06. The maximum absolute atomic E-state index is 13.6. The number of hydrogen-bond donors (Lipinski definition) is 0. The molecule has 7 nitrogen and oxygen atoms in total. The first-order valence-electron chi connectivity index (χ1n) is 9.76. The van der Waals surface area contributed by atoms with Crippen LogP contribution in [0.25, 0.3) is 0 Å². The van der Waals surface area contributed by atoms with Crippen LogP contribution in [0.15, 0.2) is 72.9 Å². The number of rotatable bonds is 5. The zero-order valence-electron chi connectivity index (χ0n) is 17.1. The summed E-state index contributed by atoms with van der Waals surface area (Å²) in [6, 6.07) is 16.9. The van der Waals surface area contributed by atoms with Crippen LogP contribution in [0, 0.1) is 5.82 Å². The first-order chi connectivity index (χ1) is 15.3. The molecule has 1 aromatic heterocycles. The highest BCUT2D eigenvalue weighted by Gasteiger charge is 2.48. The van der Waals surface area contributed by atoms with Gasteiger partial charge in [0.25, 0.3) is 0 Å². The van der Waals surface area contributed by atoms with Gasteiger partial charge in [-0.3, -0.25) is 4.79 Å². The van der Waals surface area contributed by atoms with E-state index in [0.717, 1.165) is 15.9 Å². The van der Waals surface area contributed by atoms with E-state index in [2.05, 4.69) is 4.98 Å². The number of carbonyl (C=O) groups is 1. The third-order valence-electron chi connectivity index (χ3n) is 5.25. The van der Waals surface area contributed by atoms with Crippen molar-refractivity contribution < 1.29 is 17.6 Å². The second kappa shape index (κ2) is 8.85. The molecule has 1 atom stereocenters. The molecule has 0 aliphatic carbocycles. The molecule has 32 heavy (non-hydrogen) atoms. The molecule has 3 aromatic rings. The third-order valence-corrected chi connectivity index (χ3v) is 7.41. The second-order valence-corrected chi connectivity index (χ2v) is 9.48. The summed E-state index contributed by atoms with van der Waals surface area (Å²) in [5.41, 5.74) is 1.10. The van der Waals surface area contributed by atoms with Gasteiger partial charge in [-0.05, 0) is 35.9 Å². The van der Waals surface area contributed by atoms with Crippen LogP contribution in [0.3, 0.4) is 0 Å². The minimum absolute atomic E-state index is 0.0148. The summed E-state index contributed by atoms with van der Waals surface area (Å²) < 4.78 is 42.8. The number of anilines is 2. The van der Waals surface area contributed by atoms with Gasteiger partial charge < -0.3 is 4.90 Å². The highest BCUT2D eigenvalue weighted by molar-refractivity contribution is 7.90. The van der Waals surface area contributed by atoms with E-state index in [0.29, 0.717) is 5.69 Å². The van der Waals surface area contributed by atoms with Crippen LogP contribution < -0.4 is 9.21 Å². The van der Waals surface area contributed by atoms with Crippen LogP contribution in [-0.2, 0) is 21.5 Å². The highest BCUT2D eigenvalue weighted by atomic mass is 35.5. The first-order valence-corrected chi connectivity index (χ1v) is 11.5. The number of halogens is 2. The number of carbonyl (C=O) groups excluding carboxylic acids is 1. The topological polar surface area (TPSA) is 73.8 Å². The average molecular weight is 475 g/mol. The number of amides is 1. The maximum atomic E-state index is 13.6. The van der Waals surface area contributed by atoms with Crippen molar-refractivity contribution in [2.45, 2.75) is 12.6 Å². The second-order valence-electron chi connectivity index (χ2n) is 7.27. The predicted octanol–water partition coefficient (Wildman–Crippen LogP) is 3.47. The molecule has 0 radical (unpaired) electrons. The molecule has 1 aliphatic rings. The van der Waals surface area contributed by atoms with E-state index in [1.54, 1.807) is 42.5 Å². The Kier molecular flexibility index (Phi) is 6.14. The number of aromatic nitrogens is 1. The van der Waals surface area contributed by atoms with Gasteiger partial charge in [0.05, 0.1) is 11.6 Å². The SMILES string of the molecule is CN(C(=O)[C@@H]1CN(c2ccccn2)S(=O)(=O)N1Cc1ccccc1)c1ccc(F)c(Cl)c1. The summed E-state index contributed by atoms with van der Waals surface area (Å²) in [4.78, 5) is 18.9. The Morgan fingerprint density at radius 3 is 2.53 bits per heavy atom. The molecule has 0 spiro atoms. The summed E-state index contributed by atoms with van der Waals surface area (Å²) in [6.07, 6.45) is 1.49. The Morgan fingerprint density at radius 2 is 1.88 bits per heavy atom. The summed E-state index contributed by atoms with van der Waals surface area (Å²) in [7, 11) is -2.53. The maximum Gasteiger partial charge on any atom is 0.306 e. The van der Waals surface area contributed by atoms with Crippen molar-refractivity contribution in [1.82, 2.24) is 9.29 Å². The molecule has 1 amide bonds. The molecule has 2 heterocycles. The van der Waals surface area contributed by atoms with Crippen LogP contribution >= 0.6 is 11.6 Å². The Hall–Kier alpha value is -3.01. The van der Waals surface area contributed by atoms with E-state index < -0.39 is 28.0 Å². The number of hydrogen-bond acceptors (Lipinski definition) is 4. The van der Waals surface area contributed by atoms with Gasteiger partial charge in [0, 0.05) is 25.5 Å². The van der Waals surface area contributed by atoms with E-state index in [1.165, 1.54) is 34.6 Å². The fourth-order valence-electron chi connectivity index (χ4n) is 3.54. The van der Waals surface area contributed by atoms with Crippen LogP contribution in [0.1, 0.15) is 5.56 Å². The van der Waals surface area contributed by atoms with E-state index in [-0.39, 0.29) is 23.9 Å². The van der Waals surface area contributed by atoms with Crippen molar-refractivity contribution in [2.24, 2.45) is 0 Å². The van der Waals surface area contributed by atoms with Gasteiger partial charge in [-0.15, -0.1) is 0 Å². The van der Waals surface area contributed by atoms with E-state index in [1.807, 2.05) is 6.07 Å². The van der Waals surface area contributed by atoms with Gasteiger partial charge in [0.15, 0.2) is 0 Å². The van der Waals surface area contributed by atoms with Gasteiger partial charge in [0.1, 0.15) is 17.7 Å². The first kappa shape index (κ1) is 22.2. The summed E-state index contributed by atoms with van der Waals surface area (Å²) >= 11 is 5.87. The van der Waals surface area contributed by atoms with Crippen molar-refractivity contribution in [2.75, 3.05) is 22.8 Å². The van der Waals surface area contributed by atoms with Crippen LogP contribution in [0.5, 0.6) is 0 Å². The molecule has 1 aliphatic heterocycles. The van der Waals surface area contributed by atoms with E-state index in [9.17, 15) is 17.6 Å². The normalized spacial score (nSPS) is 18.0. The Bertz CT molecular complexity index is 1230. The lowest BCUT2D eigenvalue weighted by molar-refractivity contribution is -0.121. The molecule has 0 saturated carbocycles. The standard InChI is InChI=1S/C22H20ClFN4O3S/c1-26(17-10-11-19(24)18(23)13-17)22(29)20-15-28(21-9-5-6-12-25-21)32(30,31)27(20)14-16-7-3-2-4-8-16/h2-13,20H,14-15H2,1H3/t20-/m0/s1. The van der Waals surface area contributed by atoms with Crippen molar-refractivity contribution in [3.8, 4) is 0 Å².